The van der Waals surface area contributed by atoms with Gasteiger partial charge >= 0.3 is 16.2 Å². The number of carboxylic acid groups (broad SMARTS) is 1. The topological polar surface area (TPSA) is 86.7 Å². The number of benzene rings is 1. The molecule has 0 saturated heterocycles. The Kier molecular flexibility index (Phi) is 5.64. The van der Waals surface area contributed by atoms with E-state index in [0.717, 1.165) is 4.31 Å². The van der Waals surface area contributed by atoms with Crippen molar-refractivity contribution in [1.29, 1.82) is 0 Å². The quantitative estimate of drug-likeness (QED) is 0.832. The Morgan fingerprint density at radius 3 is 2.55 bits per heavy atom. The Morgan fingerprint density at radius 2 is 2.00 bits per heavy atom. The van der Waals surface area contributed by atoms with Crippen molar-refractivity contribution in [2.75, 3.05) is 18.3 Å². The summed E-state index contributed by atoms with van der Waals surface area (Å²) in [5, 5.41) is 8.92. The Balaban J connectivity index is 2.97. The SMILES string of the molecule is Cc1ccc(Cl)c(NS(=O)(=O)N(C)CCC(=O)O)c1Cl. The van der Waals surface area contributed by atoms with Gasteiger partial charge in [0.1, 0.15) is 0 Å². The van der Waals surface area contributed by atoms with Gasteiger partial charge in [-0.05, 0) is 18.6 Å². The number of aliphatic carboxylic acids is 1. The van der Waals surface area contributed by atoms with Crippen LogP contribution in [0.4, 0.5) is 5.69 Å². The summed E-state index contributed by atoms with van der Waals surface area (Å²) in [7, 11) is -2.65. The molecule has 0 unspecified atom stereocenters. The van der Waals surface area contributed by atoms with Gasteiger partial charge in [-0.3, -0.25) is 9.52 Å². The summed E-state index contributed by atoms with van der Waals surface area (Å²) in [4.78, 5) is 10.5. The minimum absolute atomic E-state index is 0.0792. The monoisotopic (exact) mass is 340 g/mol. The fraction of sp³-hybridized carbons (Fsp3) is 0.364. The van der Waals surface area contributed by atoms with Crippen LogP contribution in [0.25, 0.3) is 0 Å². The molecular weight excluding hydrogens is 327 g/mol. The fourth-order valence-electron chi connectivity index (χ4n) is 1.33. The van der Waals surface area contributed by atoms with Gasteiger partial charge in [0.15, 0.2) is 0 Å². The maximum atomic E-state index is 12.0. The molecule has 0 radical (unpaired) electrons. The van der Waals surface area contributed by atoms with E-state index in [-0.39, 0.29) is 28.7 Å². The van der Waals surface area contributed by atoms with Crippen molar-refractivity contribution in [2.24, 2.45) is 0 Å². The zero-order valence-electron chi connectivity index (χ0n) is 10.9. The molecule has 0 amide bonds. The van der Waals surface area contributed by atoms with Crippen LogP contribution in [0.2, 0.25) is 10.0 Å². The zero-order valence-corrected chi connectivity index (χ0v) is 13.2. The molecule has 0 aromatic heterocycles. The van der Waals surface area contributed by atoms with E-state index >= 15 is 0 Å². The molecule has 0 aliphatic carbocycles. The summed E-state index contributed by atoms with van der Waals surface area (Å²) in [6.07, 6.45) is -0.299. The lowest BCUT2D eigenvalue weighted by molar-refractivity contribution is -0.137. The first-order chi connectivity index (χ1) is 9.15. The molecule has 0 spiro atoms. The number of halogens is 2. The van der Waals surface area contributed by atoms with Crippen LogP contribution < -0.4 is 4.72 Å². The van der Waals surface area contributed by atoms with Crippen molar-refractivity contribution in [3.63, 3.8) is 0 Å². The van der Waals surface area contributed by atoms with Crippen LogP contribution in [0, 0.1) is 6.92 Å². The normalized spacial score (nSPS) is 11.7. The third kappa shape index (κ3) is 4.24. The molecule has 1 aromatic rings. The van der Waals surface area contributed by atoms with E-state index in [1.165, 1.54) is 13.1 Å². The summed E-state index contributed by atoms with van der Waals surface area (Å²) < 4.78 is 27.2. The lowest BCUT2D eigenvalue weighted by Crippen LogP contribution is -2.34. The van der Waals surface area contributed by atoms with Crippen molar-refractivity contribution in [3.05, 3.63) is 27.7 Å². The molecule has 2 N–H and O–H groups in total. The zero-order chi connectivity index (χ0) is 15.5. The molecule has 0 heterocycles. The minimum atomic E-state index is -3.92. The second-order valence-electron chi connectivity index (χ2n) is 4.13. The van der Waals surface area contributed by atoms with E-state index in [4.69, 9.17) is 28.3 Å². The van der Waals surface area contributed by atoms with Crippen LogP contribution in [-0.2, 0) is 15.0 Å². The number of nitrogens with zero attached hydrogens (tertiary/aromatic N) is 1. The van der Waals surface area contributed by atoms with Gasteiger partial charge in [0.25, 0.3) is 0 Å². The maximum Gasteiger partial charge on any atom is 0.304 e. The Labute approximate surface area is 127 Å². The number of anilines is 1. The highest BCUT2D eigenvalue weighted by molar-refractivity contribution is 7.90. The van der Waals surface area contributed by atoms with Gasteiger partial charge in [0.2, 0.25) is 0 Å². The summed E-state index contributed by atoms with van der Waals surface area (Å²) in [6.45, 7) is 1.55. The summed E-state index contributed by atoms with van der Waals surface area (Å²) in [5.41, 5.74) is 0.748. The minimum Gasteiger partial charge on any atom is -0.481 e. The smallest absolute Gasteiger partial charge is 0.304 e. The predicted octanol–water partition coefficient (Wildman–Crippen LogP) is 2.37. The Morgan fingerprint density at radius 1 is 1.40 bits per heavy atom. The number of hydrogen-bond donors (Lipinski definition) is 2. The number of carbonyl (C=O) groups is 1. The van der Waals surface area contributed by atoms with Crippen LogP contribution in [0.5, 0.6) is 0 Å². The second kappa shape index (κ2) is 6.62. The third-order valence-corrected chi connectivity index (χ3v) is 4.83. The molecule has 1 rings (SSSR count). The number of hydrogen-bond acceptors (Lipinski definition) is 3. The Hall–Kier alpha value is -1.02. The first kappa shape index (κ1) is 17.0. The van der Waals surface area contributed by atoms with Crippen LogP contribution >= 0.6 is 23.2 Å². The first-order valence-electron chi connectivity index (χ1n) is 5.55. The van der Waals surface area contributed by atoms with Gasteiger partial charge in [-0.15, -0.1) is 0 Å². The highest BCUT2D eigenvalue weighted by Crippen LogP contribution is 2.33. The molecule has 0 saturated carbocycles. The largest absolute Gasteiger partial charge is 0.481 e. The molecule has 0 atom stereocenters. The molecule has 0 bridgehead atoms. The van der Waals surface area contributed by atoms with Crippen LogP contribution in [0.15, 0.2) is 12.1 Å². The summed E-state index contributed by atoms with van der Waals surface area (Å²) in [5.74, 6) is -1.08. The standard InChI is InChI=1S/C11H14Cl2N2O4S/c1-7-3-4-8(12)11(10(7)13)14-20(18,19)15(2)6-5-9(16)17/h3-4,14H,5-6H2,1-2H3,(H,16,17). The third-order valence-electron chi connectivity index (χ3n) is 2.57. The molecule has 6 nitrogen and oxygen atoms in total. The van der Waals surface area contributed by atoms with Crippen molar-refractivity contribution < 1.29 is 18.3 Å². The molecule has 1 aromatic carbocycles. The molecule has 0 fully saturated rings. The lowest BCUT2D eigenvalue weighted by Gasteiger charge is -2.19. The predicted molar refractivity (Wildman–Crippen MR) is 78.6 cm³/mol. The molecule has 9 heteroatoms. The van der Waals surface area contributed by atoms with E-state index in [2.05, 4.69) is 4.72 Å². The van der Waals surface area contributed by atoms with Crippen LogP contribution in [-0.4, -0.2) is 37.4 Å². The molecule has 0 aliphatic rings. The molecular formula is C11H14Cl2N2O4S. The van der Waals surface area contributed by atoms with E-state index in [1.807, 2.05) is 0 Å². The molecule has 0 aliphatic heterocycles. The second-order valence-corrected chi connectivity index (χ2v) is 6.69. The van der Waals surface area contributed by atoms with Crippen LogP contribution in [0.1, 0.15) is 12.0 Å². The average molecular weight is 341 g/mol. The van der Waals surface area contributed by atoms with E-state index < -0.39 is 16.2 Å². The summed E-state index contributed by atoms with van der Waals surface area (Å²) in [6, 6.07) is 3.19. The van der Waals surface area contributed by atoms with E-state index in [0.29, 0.717) is 5.56 Å². The fourth-order valence-corrected chi connectivity index (χ4v) is 2.87. The van der Waals surface area contributed by atoms with Gasteiger partial charge in [-0.25, -0.2) is 0 Å². The number of nitrogens with one attached hydrogen (secondary N) is 1. The van der Waals surface area contributed by atoms with Gasteiger partial charge in [0.05, 0.1) is 22.2 Å². The summed E-state index contributed by atoms with van der Waals surface area (Å²) >= 11 is 11.9. The maximum absolute atomic E-state index is 12.0. The van der Waals surface area contributed by atoms with Gasteiger partial charge in [-0.2, -0.15) is 12.7 Å². The van der Waals surface area contributed by atoms with Crippen molar-refractivity contribution in [1.82, 2.24) is 4.31 Å². The van der Waals surface area contributed by atoms with Crippen molar-refractivity contribution in [3.8, 4) is 0 Å². The number of carboxylic acids is 1. The number of rotatable bonds is 6. The highest BCUT2D eigenvalue weighted by atomic mass is 35.5. The van der Waals surface area contributed by atoms with Crippen molar-refractivity contribution in [2.45, 2.75) is 13.3 Å². The Bertz CT molecular complexity index is 619. The van der Waals surface area contributed by atoms with Gasteiger partial charge in [0, 0.05) is 13.6 Å². The lowest BCUT2D eigenvalue weighted by atomic mass is 10.2. The molecule has 20 heavy (non-hydrogen) atoms. The van der Waals surface area contributed by atoms with Gasteiger partial charge in [-0.1, -0.05) is 29.3 Å². The van der Waals surface area contributed by atoms with Crippen molar-refractivity contribution >= 4 is 45.1 Å². The number of aryl methyl sites for hydroxylation is 1. The van der Waals surface area contributed by atoms with E-state index in [9.17, 15) is 13.2 Å². The van der Waals surface area contributed by atoms with E-state index in [1.54, 1.807) is 13.0 Å². The highest BCUT2D eigenvalue weighted by Gasteiger charge is 2.21. The first-order valence-corrected chi connectivity index (χ1v) is 7.75. The molecule has 112 valence electrons. The average Bonchev–Trinajstić information content (AvgIpc) is 2.36. The van der Waals surface area contributed by atoms with Crippen LogP contribution in [0.3, 0.4) is 0 Å². The van der Waals surface area contributed by atoms with Gasteiger partial charge < -0.3 is 5.11 Å².